The second-order valence-electron chi connectivity index (χ2n) is 5.33. The summed E-state index contributed by atoms with van der Waals surface area (Å²) >= 11 is 0. The number of hydrogen-bond acceptors (Lipinski definition) is 4. The zero-order chi connectivity index (χ0) is 13.8. The molecule has 1 aromatic rings. The molecule has 0 aliphatic carbocycles. The average molecular weight is 254 g/mol. The Morgan fingerprint density at radius 3 is 2.44 bits per heavy atom. The second-order valence-corrected chi connectivity index (χ2v) is 5.33. The molecule has 0 saturated carbocycles. The number of aliphatic hydroxyl groups is 1. The summed E-state index contributed by atoms with van der Waals surface area (Å²) < 4.78 is 1.92. The van der Waals surface area contributed by atoms with Crippen molar-refractivity contribution in [3.05, 3.63) is 11.6 Å². The molecule has 1 unspecified atom stereocenters. The van der Waals surface area contributed by atoms with E-state index >= 15 is 0 Å². The molecule has 0 fully saturated rings. The Labute approximate surface area is 110 Å². The van der Waals surface area contributed by atoms with Gasteiger partial charge in [0.2, 0.25) is 0 Å². The van der Waals surface area contributed by atoms with Gasteiger partial charge in [-0.25, -0.2) is 9.67 Å². The van der Waals surface area contributed by atoms with Crippen LogP contribution in [0.1, 0.15) is 46.3 Å². The van der Waals surface area contributed by atoms with Crippen molar-refractivity contribution < 1.29 is 5.11 Å². The Kier molecular flexibility index (Phi) is 5.28. The Hall–Kier alpha value is -0.940. The third-order valence-electron chi connectivity index (χ3n) is 2.91. The van der Waals surface area contributed by atoms with Gasteiger partial charge in [0.05, 0.1) is 18.7 Å². The number of nitrogens with one attached hydrogen (secondary N) is 1. The molecule has 1 rings (SSSR count). The van der Waals surface area contributed by atoms with E-state index in [4.69, 9.17) is 0 Å². The fourth-order valence-corrected chi connectivity index (χ4v) is 2.13. The lowest BCUT2D eigenvalue weighted by atomic mass is 10.0. The van der Waals surface area contributed by atoms with Crippen LogP contribution in [0.15, 0.2) is 0 Å². The van der Waals surface area contributed by atoms with Crippen molar-refractivity contribution in [2.45, 2.75) is 65.6 Å². The summed E-state index contributed by atoms with van der Waals surface area (Å²) in [7, 11) is 0. The molecule has 1 aromatic heterocycles. The highest BCUT2D eigenvalue weighted by Gasteiger charge is 2.26. The van der Waals surface area contributed by atoms with E-state index in [-0.39, 0.29) is 12.1 Å². The van der Waals surface area contributed by atoms with Crippen molar-refractivity contribution in [2.75, 3.05) is 6.61 Å². The number of nitrogens with zero attached hydrogens (tertiary/aromatic N) is 3. The van der Waals surface area contributed by atoms with Crippen LogP contribution in [-0.2, 0) is 19.4 Å². The molecule has 0 bridgehead atoms. The summed E-state index contributed by atoms with van der Waals surface area (Å²) in [6.45, 7) is 11.0. The summed E-state index contributed by atoms with van der Waals surface area (Å²) in [6.07, 6.45) is 1.70. The first-order valence-electron chi connectivity index (χ1n) is 6.75. The van der Waals surface area contributed by atoms with E-state index in [0.717, 1.165) is 24.5 Å². The third kappa shape index (κ3) is 3.78. The van der Waals surface area contributed by atoms with Crippen LogP contribution in [0, 0.1) is 0 Å². The van der Waals surface area contributed by atoms with Crippen molar-refractivity contribution in [3.63, 3.8) is 0 Å². The molecule has 2 N–H and O–H groups in total. The highest BCUT2D eigenvalue weighted by Crippen LogP contribution is 2.11. The van der Waals surface area contributed by atoms with E-state index in [9.17, 15) is 5.11 Å². The van der Waals surface area contributed by atoms with Gasteiger partial charge in [0.1, 0.15) is 5.82 Å². The lowest BCUT2D eigenvalue weighted by Gasteiger charge is -2.31. The molecule has 0 amide bonds. The minimum Gasteiger partial charge on any atom is -0.394 e. The molecule has 0 spiro atoms. The Bertz CT molecular complexity index is 375. The number of rotatable bonds is 7. The third-order valence-corrected chi connectivity index (χ3v) is 2.91. The van der Waals surface area contributed by atoms with Crippen molar-refractivity contribution in [1.29, 1.82) is 0 Å². The van der Waals surface area contributed by atoms with E-state index < -0.39 is 0 Å². The van der Waals surface area contributed by atoms with Crippen molar-refractivity contribution in [1.82, 2.24) is 20.1 Å². The molecule has 0 radical (unpaired) electrons. The SMILES string of the molecule is CCc1nc(CC)n(CC(C)(CO)NC(C)C)n1. The zero-order valence-corrected chi connectivity index (χ0v) is 12.2. The highest BCUT2D eigenvalue weighted by molar-refractivity contribution is 4.95. The molecule has 0 saturated heterocycles. The first kappa shape index (κ1) is 15.1. The van der Waals surface area contributed by atoms with Crippen LogP contribution < -0.4 is 5.32 Å². The molecule has 1 atom stereocenters. The quantitative estimate of drug-likeness (QED) is 0.766. The molecule has 5 heteroatoms. The first-order valence-corrected chi connectivity index (χ1v) is 6.75. The summed E-state index contributed by atoms with van der Waals surface area (Å²) in [6, 6.07) is 0.321. The van der Waals surface area contributed by atoms with Gasteiger partial charge < -0.3 is 10.4 Å². The van der Waals surface area contributed by atoms with Gasteiger partial charge in [0, 0.05) is 18.9 Å². The van der Waals surface area contributed by atoms with Gasteiger partial charge in [-0.15, -0.1) is 0 Å². The predicted molar refractivity (Wildman–Crippen MR) is 72.5 cm³/mol. The maximum atomic E-state index is 9.60. The average Bonchev–Trinajstić information content (AvgIpc) is 2.70. The van der Waals surface area contributed by atoms with E-state index in [1.807, 2.05) is 11.6 Å². The van der Waals surface area contributed by atoms with Gasteiger partial charge in [0.25, 0.3) is 0 Å². The lowest BCUT2D eigenvalue weighted by Crippen LogP contribution is -2.52. The topological polar surface area (TPSA) is 63.0 Å². The fraction of sp³-hybridized carbons (Fsp3) is 0.846. The summed E-state index contributed by atoms with van der Waals surface area (Å²) in [5.41, 5.74) is -0.364. The molecule has 5 nitrogen and oxygen atoms in total. The number of aromatic nitrogens is 3. The number of hydrogen-bond donors (Lipinski definition) is 2. The maximum Gasteiger partial charge on any atom is 0.150 e. The summed E-state index contributed by atoms with van der Waals surface area (Å²) in [4.78, 5) is 4.49. The molecular weight excluding hydrogens is 228 g/mol. The van der Waals surface area contributed by atoms with Gasteiger partial charge in [-0.05, 0) is 6.92 Å². The summed E-state index contributed by atoms with van der Waals surface area (Å²) in [5.74, 6) is 1.86. The van der Waals surface area contributed by atoms with E-state index in [2.05, 4.69) is 43.1 Å². The lowest BCUT2D eigenvalue weighted by molar-refractivity contribution is 0.143. The largest absolute Gasteiger partial charge is 0.394 e. The van der Waals surface area contributed by atoms with E-state index in [0.29, 0.717) is 12.6 Å². The monoisotopic (exact) mass is 254 g/mol. The van der Waals surface area contributed by atoms with Gasteiger partial charge in [-0.2, -0.15) is 5.10 Å². The second kappa shape index (κ2) is 6.29. The molecule has 104 valence electrons. The Morgan fingerprint density at radius 1 is 1.33 bits per heavy atom. The number of aliphatic hydroxyl groups excluding tert-OH is 1. The van der Waals surface area contributed by atoms with Gasteiger partial charge in [-0.1, -0.05) is 27.7 Å². The Morgan fingerprint density at radius 2 is 2.00 bits per heavy atom. The molecular formula is C13H26N4O. The van der Waals surface area contributed by atoms with Gasteiger partial charge in [0.15, 0.2) is 5.82 Å². The zero-order valence-electron chi connectivity index (χ0n) is 12.2. The van der Waals surface area contributed by atoms with Crippen molar-refractivity contribution in [3.8, 4) is 0 Å². The smallest absolute Gasteiger partial charge is 0.150 e. The van der Waals surface area contributed by atoms with Gasteiger partial charge >= 0.3 is 0 Å². The standard InChI is InChI=1S/C13H26N4O/c1-6-11-14-12(7-2)17(16-11)8-13(5,9-18)15-10(3)4/h10,15,18H,6-9H2,1-5H3. The van der Waals surface area contributed by atoms with E-state index in [1.165, 1.54) is 0 Å². The van der Waals surface area contributed by atoms with Crippen LogP contribution in [-0.4, -0.2) is 38.1 Å². The van der Waals surface area contributed by atoms with Gasteiger partial charge in [-0.3, -0.25) is 0 Å². The minimum absolute atomic E-state index is 0.0790. The molecule has 0 aromatic carbocycles. The van der Waals surface area contributed by atoms with Crippen molar-refractivity contribution in [2.24, 2.45) is 0 Å². The van der Waals surface area contributed by atoms with Crippen LogP contribution in [0.4, 0.5) is 0 Å². The normalized spacial score (nSPS) is 15.1. The minimum atomic E-state index is -0.364. The highest BCUT2D eigenvalue weighted by atomic mass is 16.3. The van der Waals surface area contributed by atoms with Crippen LogP contribution >= 0.6 is 0 Å². The van der Waals surface area contributed by atoms with Crippen LogP contribution in [0.25, 0.3) is 0 Å². The van der Waals surface area contributed by atoms with Crippen LogP contribution in [0.5, 0.6) is 0 Å². The van der Waals surface area contributed by atoms with E-state index in [1.54, 1.807) is 0 Å². The van der Waals surface area contributed by atoms with Crippen LogP contribution in [0.2, 0.25) is 0 Å². The molecule has 0 aliphatic rings. The number of aryl methyl sites for hydroxylation is 2. The van der Waals surface area contributed by atoms with Crippen LogP contribution in [0.3, 0.4) is 0 Å². The fourth-order valence-electron chi connectivity index (χ4n) is 2.13. The predicted octanol–water partition coefficient (Wildman–Crippen LogP) is 1.15. The van der Waals surface area contributed by atoms with Crippen molar-refractivity contribution >= 4 is 0 Å². The molecule has 18 heavy (non-hydrogen) atoms. The molecule has 1 heterocycles. The first-order chi connectivity index (χ1) is 8.44. The maximum absolute atomic E-state index is 9.60. The molecule has 0 aliphatic heterocycles. The summed E-state index contributed by atoms with van der Waals surface area (Å²) in [5, 5.41) is 17.5. The Balaban J connectivity index is 2.89.